The van der Waals surface area contributed by atoms with E-state index < -0.39 is 0 Å². The fourth-order valence-corrected chi connectivity index (χ4v) is 3.55. The van der Waals surface area contributed by atoms with E-state index in [1.54, 1.807) is 11.3 Å². The lowest BCUT2D eigenvalue weighted by Crippen LogP contribution is -2.21. The lowest BCUT2D eigenvalue weighted by atomic mass is 10.0. The predicted octanol–water partition coefficient (Wildman–Crippen LogP) is 2.88. The molecular weight excluding hydrogens is 246 g/mol. The van der Waals surface area contributed by atoms with Crippen LogP contribution in [0.25, 0.3) is 0 Å². The van der Waals surface area contributed by atoms with Gasteiger partial charge in [-0.2, -0.15) is 0 Å². The van der Waals surface area contributed by atoms with Crippen molar-refractivity contribution in [1.29, 1.82) is 0 Å². The van der Waals surface area contributed by atoms with E-state index in [1.807, 2.05) is 0 Å². The Balaban J connectivity index is 2.04. The number of rotatable bonds is 6. The highest BCUT2D eigenvalue weighted by Crippen LogP contribution is 2.34. The van der Waals surface area contributed by atoms with Gasteiger partial charge < -0.3 is 10.1 Å². The van der Waals surface area contributed by atoms with E-state index in [9.17, 15) is 0 Å². The first-order valence-electron chi connectivity index (χ1n) is 6.94. The number of aromatic nitrogens is 2. The second-order valence-corrected chi connectivity index (χ2v) is 5.91. The molecule has 1 aliphatic rings. The zero-order valence-corrected chi connectivity index (χ0v) is 12.3. The molecule has 1 N–H and O–H groups in total. The van der Waals surface area contributed by atoms with Crippen molar-refractivity contribution in [2.24, 2.45) is 0 Å². The molecule has 0 radical (unpaired) electrons. The van der Waals surface area contributed by atoms with Gasteiger partial charge in [0.15, 0.2) is 0 Å². The molecule has 2 rings (SSSR count). The van der Waals surface area contributed by atoms with Crippen LogP contribution in [0.1, 0.15) is 62.0 Å². The molecule has 1 aromatic rings. The maximum Gasteiger partial charge on any atom is 0.134 e. The third-order valence-electron chi connectivity index (χ3n) is 3.50. The van der Waals surface area contributed by atoms with Crippen molar-refractivity contribution >= 4 is 11.3 Å². The summed E-state index contributed by atoms with van der Waals surface area (Å²) in [6.45, 7) is 8.40. The summed E-state index contributed by atoms with van der Waals surface area (Å²) in [6, 6.07) is 0.355. The van der Waals surface area contributed by atoms with Crippen molar-refractivity contribution in [2.75, 3.05) is 13.2 Å². The Morgan fingerprint density at radius 1 is 1.44 bits per heavy atom. The fraction of sp³-hybridized carbons (Fsp3) is 0.846. The zero-order valence-electron chi connectivity index (χ0n) is 11.5. The molecule has 18 heavy (non-hydrogen) atoms. The Morgan fingerprint density at radius 2 is 2.28 bits per heavy atom. The maximum atomic E-state index is 5.60. The van der Waals surface area contributed by atoms with Crippen LogP contribution < -0.4 is 5.32 Å². The van der Waals surface area contributed by atoms with E-state index in [0.29, 0.717) is 12.0 Å². The molecule has 1 fully saturated rings. The quantitative estimate of drug-likeness (QED) is 0.862. The van der Waals surface area contributed by atoms with E-state index in [1.165, 1.54) is 0 Å². The number of ether oxygens (including phenoxy) is 1. The molecule has 1 aliphatic heterocycles. The molecule has 0 bridgehead atoms. The molecule has 0 spiro atoms. The Hall–Kier alpha value is -0.520. The summed E-state index contributed by atoms with van der Waals surface area (Å²) in [5.41, 5.74) is 0. The van der Waals surface area contributed by atoms with Crippen LogP contribution >= 0.6 is 11.3 Å². The number of hydrogen-bond acceptors (Lipinski definition) is 5. The van der Waals surface area contributed by atoms with Gasteiger partial charge in [-0.05, 0) is 32.7 Å². The van der Waals surface area contributed by atoms with Crippen LogP contribution in [0, 0.1) is 0 Å². The largest absolute Gasteiger partial charge is 0.378 e. The minimum atomic E-state index is 0.287. The SMILES string of the molecule is CCCNC(CC)c1nnc(C2CCOC2C)s1. The van der Waals surface area contributed by atoms with E-state index in [2.05, 4.69) is 36.3 Å². The molecule has 1 aromatic heterocycles. The Labute approximate surface area is 113 Å². The lowest BCUT2D eigenvalue weighted by molar-refractivity contribution is 0.118. The molecule has 3 atom stereocenters. The van der Waals surface area contributed by atoms with Crippen LogP contribution in [0.4, 0.5) is 0 Å². The van der Waals surface area contributed by atoms with Crippen LogP contribution in [0.3, 0.4) is 0 Å². The van der Waals surface area contributed by atoms with Gasteiger partial charge in [0.25, 0.3) is 0 Å². The molecule has 0 amide bonds. The first kappa shape index (κ1) is 13.9. The average Bonchev–Trinajstić information content (AvgIpc) is 2.99. The molecule has 0 saturated carbocycles. The molecule has 0 aromatic carbocycles. The highest BCUT2D eigenvalue weighted by atomic mass is 32.1. The number of nitrogens with one attached hydrogen (secondary N) is 1. The minimum absolute atomic E-state index is 0.287. The maximum absolute atomic E-state index is 5.60. The monoisotopic (exact) mass is 269 g/mol. The van der Waals surface area contributed by atoms with Crippen LogP contribution in [0.5, 0.6) is 0 Å². The summed E-state index contributed by atoms with van der Waals surface area (Å²) < 4.78 is 5.60. The molecule has 2 heterocycles. The number of nitrogens with zero attached hydrogens (tertiary/aromatic N) is 2. The second-order valence-electron chi connectivity index (χ2n) is 4.86. The van der Waals surface area contributed by atoms with Gasteiger partial charge in [-0.15, -0.1) is 10.2 Å². The van der Waals surface area contributed by atoms with Crippen LogP contribution in [-0.4, -0.2) is 29.5 Å². The zero-order chi connectivity index (χ0) is 13.0. The smallest absolute Gasteiger partial charge is 0.134 e. The van der Waals surface area contributed by atoms with Crippen LogP contribution in [-0.2, 0) is 4.74 Å². The van der Waals surface area contributed by atoms with Crippen molar-refractivity contribution in [1.82, 2.24) is 15.5 Å². The van der Waals surface area contributed by atoms with Gasteiger partial charge in [-0.3, -0.25) is 0 Å². The summed E-state index contributed by atoms with van der Waals surface area (Å²) in [4.78, 5) is 0. The van der Waals surface area contributed by atoms with Gasteiger partial charge in [0.1, 0.15) is 10.0 Å². The molecular formula is C13H23N3OS. The van der Waals surface area contributed by atoms with E-state index in [4.69, 9.17) is 4.74 Å². The Bertz CT molecular complexity index is 369. The number of hydrogen-bond donors (Lipinski definition) is 1. The van der Waals surface area contributed by atoms with Crippen molar-refractivity contribution in [3.05, 3.63) is 10.0 Å². The van der Waals surface area contributed by atoms with Gasteiger partial charge >= 0.3 is 0 Å². The first-order valence-corrected chi connectivity index (χ1v) is 7.76. The molecule has 102 valence electrons. The summed E-state index contributed by atoms with van der Waals surface area (Å²) >= 11 is 1.75. The molecule has 3 unspecified atom stereocenters. The van der Waals surface area contributed by atoms with E-state index in [-0.39, 0.29) is 6.10 Å². The summed E-state index contributed by atoms with van der Waals surface area (Å²) in [5.74, 6) is 0.444. The topological polar surface area (TPSA) is 47.0 Å². The third kappa shape index (κ3) is 3.08. The van der Waals surface area contributed by atoms with Gasteiger partial charge in [-0.1, -0.05) is 25.2 Å². The average molecular weight is 269 g/mol. The molecule has 0 aliphatic carbocycles. The van der Waals surface area contributed by atoms with Gasteiger partial charge in [-0.25, -0.2) is 0 Å². The summed E-state index contributed by atoms with van der Waals surface area (Å²) in [7, 11) is 0. The Kier molecular flexibility index (Phi) is 5.09. The van der Waals surface area contributed by atoms with Crippen molar-refractivity contribution < 1.29 is 4.74 Å². The fourth-order valence-electron chi connectivity index (χ4n) is 2.32. The van der Waals surface area contributed by atoms with Gasteiger partial charge in [0.05, 0.1) is 12.1 Å². The minimum Gasteiger partial charge on any atom is -0.378 e. The molecule has 4 nitrogen and oxygen atoms in total. The third-order valence-corrected chi connectivity index (χ3v) is 4.67. The standard InChI is InChI=1S/C13H23N3OS/c1-4-7-14-11(5-2)13-16-15-12(18-13)10-6-8-17-9(10)3/h9-11,14H,4-8H2,1-3H3. The molecule has 1 saturated heterocycles. The highest BCUT2D eigenvalue weighted by molar-refractivity contribution is 7.11. The second kappa shape index (κ2) is 6.59. The molecule has 5 heteroatoms. The predicted molar refractivity (Wildman–Crippen MR) is 74.0 cm³/mol. The highest BCUT2D eigenvalue weighted by Gasteiger charge is 2.29. The first-order chi connectivity index (χ1) is 8.76. The van der Waals surface area contributed by atoms with Gasteiger partial charge in [0.2, 0.25) is 0 Å². The normalized spacial score (nSPS) is 25.5. The van der Waals surface area contributed by atoms with Crippen molar-refractivity contribution in [3.63, 3.8) is 0 Å². The van der Waals surface area contributed by atoms with Crippen molar-refractivity contribution in [3.8, 4) is 0 Å². The summed E-state index contributed by atoms with van der Waals surface area (Å²) in [5, 5.41) is 14.5. The van der Waals surface area contributed by atoms with E-state index >= 15 is 0 Å². The van der Waals surface area contributed by atoms with Crippen molar-refractivity contribution in [2.45, 2.75) is 58.1 Å². The summed E-state index contributed by atoms with van der Waals surface area (Å²) in [6.07, 6.45) is 3.57. The van der Waals surface area contributed by atoms with Gasteiger partial charge in [0, 0.05) is 12.5 Å². The lowest BCUT2D eigenvalue weighted by Gasteiger charge is -2.13. The van der Waals surface area contributed by atoms with E-state index in [0.717, 1.165) is 42.4 Å². The Morgan fingerprint density at radius 3 is 2.89 bits per heavy atom. The van der Waals surface area contributed by atoms with Crippen LogP contribution in [0.2, 0.25) is 0 Å². The van der Waals surface area contributed by atoms with Crippen LogP contribution in [0.15, 0.2) is 0 Å².